The van der Waals surface area contributed by atoms with Crippen molar-refractivity contribution in [1.82, 2.24) is 4.98 Å². The molecule has 1 aromatic carbocycles. The van der Waals surface area contributed by atoms with Crippen molar-refractivity contribution in [3.8, 4) is 5.75 Å². The van der Waals surface area contributed by atoms with E-state index in [9.17, 15) is 4.79 Å². The van der Waals surface area contributed by atoms with Crippen LogP contribution in [-0.4, -0.2) is 16.1 Å². The number of aliphatic carboxylic acids is 1. The summed E-state index contributed by atoms with van der Waals surface area (Å²) in [6, 6.07) is 11.7. The van der Waals surface area contributed by atoms with E-state index in [2.05, 4.69) is 11.1 Å². The number of hydrogen-bond acceptors (Lipinski definition) is 3. The van der Waals surface area contributed by atoms with Crippen molar-refractivity contribution in [2.45, 2.75) is 38.2 Å². The number of rotatable bonds is 6. The molecule has 1 saturated carbocycles. The van der Waals surface area contributed by atoms with Gasteiger partial charge in [0, 0.05) is 17.8 Å². The first-order chi connectivity index (χ1) is 11.7. The highest BCUT2D eigenvalue weighted by molar-refractivity contribution is 5.86. The fraction of sp³-hybridized carbons (Fsp3) is 0.300. The lowest BCUT2D eigenvalue weighted by Crippen LogP contribution is -2.04. The van der Waals surface area contributed by atoms with E-state index in [-0.39, 0.29) is 0 Å². The average molecular weight is 323 g/mol. The van der Waals surface area contributed by atoms with Crippen molar-refractivity contribution < 1.29 is 14.6 Å². The molecule has 0 spiro atoms. The maximum Gasteiger partial charge on any atom is 0.328 e. The van der Waals surface area contributed by atoms with E-state index in [0.29, 0.717) is 12.5 Å². The number of hydrogen-bond donors (Lipinski definition) is 1. The van der Waals surface area contributed by atoms with Crippen LogP contribution < -0.4 is 4.74 Å². The zero-order valence-corrected chi connectivity index (χ0v) is 13.5. The second-order valence-corrected chi connectivity index (χ2v) is 6.03. The van der Waals surface area contributed by atoms with Gasteiger partial charge >= 0.3 is 5.97 Å². The van der Waals surface area contributed by atoms with Gasteiger partial charge in [-0.2, -0.15) is 0 Å². The monoisotopic (exact) mass is 323 g/mol. The normalized spacial score (nSPS) is 15.0. The van der Waals surface area contributed by atoms with Gasteiger partial charge in [-0.3, -0.25) is 4.98 Å². The number of aromatic nitrogens is 1. The summed E-state index contributed by atoms with van der Waals surface area (Å²) in [5.41, 5.74) is 2.83. The molecular formula is C20H21NO3. The summed E-state index contributed by atoms with van der Waals surface area (Å²) in [6.07, 6.45) is 9.29. The number of carboxylic acid groups (broad SMARTS) is 1. The van der Waals surface area contributed by atoms with Crippen LogP contribution >= 0.6 is 0 Å². The minimum absolute atomic E-state index is 0.373. The molecule has 0 atom stereocenters. The molecule has 0 radical (unpaired) electrons. The van der Waals surface area contributed by atoms with Gasteiger partial charge in [0.1, 0.15) is 12.4 Å². The molecule has 4 heteroatoms. The highest BCUT2D eigenvalue weighted by Gasteiger charge is 2.22. The maximum atomic E-state index is 10.9. The maximum absolute atomic E-state index is 10.9. The Balaban J connectivity index is 1.90. The van der Waals surface area contributed by atoms with E-state index in [0.717, 1.165) is 35.9 Å². The van der Waals surface area contributed by atoms with E-state index in [4.69, 9.17) is 9.84 Å². The third kappa shape index (κ3) is 4.02. The van der Waals surface area contributed by atoms with Crippen LogP contribution in [0.5, 0.6) is 5.75 Å². The smallest absolute Gasteiger partial charge is 0.328 e. The summed E-state index contributed by atoms with van der Waals surface area (Å²) in [4.78, 5) is 15.2. The lowest BCUT2D eigenvalue weighted by Gasteiger charge is -2.18. The Hall–Kier alpha value is -2.62. The van der Waals surface area contributed by atoms with Crippen molar-refractivity contribution in [3.05, 3.63) is 65.5 Å². The summed E-state index contributed by atoms with van der Waals surface area (Å²) >= 11 is 0. The number of benzene rings is 1. The molecule has 2 aromatic rings. The molecule has 1 heterocycles. The Morgan fingerprint density at radius 3 is 2.75 bits per heavy atom. The second kappa shape index (κ2) is 7.77. The van der Waals surface area contributed by atoms with E-state index >= 15 is 0 Å². The molecule has 1 N–H and O–H groups in total. The Morgan fingerprint density at radius 1 is 1.21 bits per heavy atom. The van der Waals surface area contributed by atoms with Crippen LogP contribution in [0.3, 0.4) is 0 Å². The highest BCUT2D eigenvalue weighted by Crippen LogP contribution is 2.40. The number of para-hydroxylation sites is 1. The largest absolute Gasteiger partial charge is 0.486 e. The Morgan fingerprint density at radius 2 is 2.04 bits per heavy atom. The molecular weight excluding hydrogens is 302 g/mol. The van der Waals surface area contributed by atoms with Crippen LogP contribution in [0.2, 0.25) is 0 Å². The standard InChI is InChI=1S/C20H21NO3/c22-19(23)12-11-16-8-5-10-18(15-6-1-2-7-15)20(16)24-14-17-9-3-4-13-21-17/h3-5,8-13,15H,1-2,6-7,14H2,(H,22,23). The van der Waals surface area contributed by atoms with E-state index in [1.54, 1.807) is 12.3 Å². The van der Waals surface area contributed by atoms with Crippen LogP contribution in [0.25, 0.3) is 6.08 Å². The highest BCUT2D eigenvalue weighted by atomic mass is 16.5. The van der Waals surface area contributed by atoms with Crippen LogP contribution in [0.1, 0.15) is 48.4 Å². The van der Waals surface area contributed by atoms with Gasteiger partial charge in [0.15, 0.2) is 0 Å². The molecule has 0 bridgehead atoms. The zero-order valence-electron chi connectivity index (χ0n) is 13.5. The van der Waals surface area contributed by atoms with Gasteiger partial charge in [-0.05, 0) is 42.5 Å². The van der Waals surface area contributed by atoms with Crippen LogP contribution in [0, 0.1) is 0 Å². The zero-order chi connectivity index (χ0) is 16.8. The van der Waals surface area contributed by atoms with Gasteiger partial charge in [0.05, 0.1) is 5.69 Å². The van der Waals surface area contributed by atoms with Gasteiger partial charge in [-0.1, -0.05) is 37.1 Å². The minimum atomic E-state index is -0.961. The summed E-state index contributed by atoms with van der Waals surface area (Å²) in [5, 5.41) is 8.92. The third-order valence-electron chi connectivity index (χ3n) is 4.37. The fourth-order valence-electron chi connectivity index (χ4n) is 3.22. The second-order valence-electron chi connectivity index (χ2n) is 6.03. The quantitative estimate of drug-likeness (QED) is 0.800. The Bertz CT molecular complexity index is 719. The molecule has 1 aliphatic carbocycles. The Kier molecular flexibility index (Phi) is 5.26. The number of nitrogens with zero attached hydrogens (tertiary/aromatic N) is 1. The Labute approximate surface area is 141 Å². The van der Waals surface area contributed by atoms with Gasteiger partial charge in [-0.15, -0.1) is 0 Å². The predicted octanol–water partition coefficient (Wildman–Crippen LogP) is 4.42. The summed E-state index contributed by atoms with van der Waals surface area (Å²) in [6.45, 7) is 0.373. The molecule has 1 fully saturated rings. The van der Waals surface area contributed by atoms with Gasteiger partial charge < -0.3 is 9.84 Å². The average Bonchev–Trinajstić information content (AvgIpc) is 3.13. The molecule has 24 heavy (non-hydrogen) atoms. The van der Waals surface area contributed by atoms with E-state index in [1.165, 1.54) is 18.4 Å². The first-order valence-corrected chi connectivity index (χ1v) is 8.30. The molecule has 1 aromatic heterocycles. The molecule has 3 rings (SSSR count). The number of ether oxygens (including phenoxy) is 1. The topological polar surface area (TPSA) is 59.4 Å². The van der Waals surface area contributed by atoms with Crippen LogP contribution in [-0.2, 0) is 11.4 Å². The number of carboxylic acids is 1. The molecule has 1 aliphatic rings. The molecule has 0 unspecified atom stereocenters. The van der Waals surface area contributed by atoms with Crippen molar-refractivity contribution in [2.75, 3.05) is 0 Å². The third-order valence-corrected chi connectivity index (χ3v) is 4.37. The first-order valence-electron chi connectivity index (χ1n) is 8.30. The van der Waals surface area contributed by atoms with Gasteiger partial charge in [0.25, 0.3) is 0 Å². The van der Waals surface area contributed by atoms with Gasteiger partial charge in [-0.25, -0.2) is 4.79 Å². The van der Waals surface area contributed by atoms with E-state index in [1.807, 2.05) is 30.3 Å². The van der Waals surface area contributed by atoms with Crippen molar-refractivity contribution in [2.24, 2.45) is 0 Å². The summed E-state index contributed by atoms with van der Waals surface area (Å²) in [5.74, 6) is 0.311. The molecule has 124 valence electrons. The van der Waals surface area contributed by atoms with Gasteiger partial charge in [0.2, 0.25) is 0 Å². The number of carbonyl (C=O) groups is 1. The van der Waals surface area contributed by atoms with Crippen LogP contribution in [0.4, 0.5) is 0 Å². The SMILES string of the molecule is O=C(O)C=Cc1cccc(C2CCCC2)c1OCc1ccccn1. The molecule has 0 amide bonds. The molecule has 4 nitrogen and oxygen atoms in total. The predicted molar refractivity (Wildman–Crippen MR) is 92.9 cm³/mol. The lowest BCUT2D eigenvalue weighted by atomic mass is 9.94. The molecule has 0 aliphatic heterocycles. The van der Waals surface area contributed by atoms with Crippen molar-refractivity contribution >= 4 is 12.0 Å². The van der Waals surface area contributed by atoms with Crippen molar-refractivity contribution in [1.29, 1.82) is 0 Å². The fourth-order valence-corrected chi connectivity index (χ4v) is 3.22. The lowest BCUT2D eigenvalue weighted by molar-refractivity contribution is -0.131. The van der Waals surface area contributed by atoms with Crippen LogP contribution in [0.15, 0.2) is 48.7 Å². The molecule has 0 saturated heterocycles. The first kappa shape index (κ1) is 16.2. The summed E-state index contributed by atoms with van der Waals surface area (Å²) < 4.78 is 6.09. The number of pyridine rings is 1. The van der Waals surface area contributed by atoms with Crippen molar-refractivity contribution in [3.63, 3.8) is 0 Å². The summed E-state index contributed by atoms with van der Waals surface area (Å²) in [7, 11) is 0. The minimum Gasteiger partial charge on any atom is -0.486 e. The van der Waals surface area contributed by atoms with E-state index < -0.39 is 5.97 Å².